The van der Waals surface area contributed by atoms with Crippen LogP contribution in [0.3, 0.4) is 0 Å². The van der Waals surface area contributed by atoms with Crippen LogP contribution in [0, 0.1) is 5.92 Å². The molecule has 0 spiro atoms. The number of nitrogens with one attached hydrogen (secondary N) is 2. The highest BCUT2D eigenvalue weighted by Crippen LogP contribution is 2.14. The number of pyridine rings is 1. The second kappa shape index (κ2) is 5.07. The van der Waals surface area contributed by atoms with Crippen molar-refractivity contribution in [3.8, 4) is 0 Å². The third-order valence-electron chi connectivity index (χ3n) is 2.57. The third kappa shape index (κ3) is 2.58. The maximum atomic E-state index is 4.20. The SMILES string of the molecule is CC(C)CNCCc1cncc2[nH]ncc12. The Balaban J connectivity index is 1.96. The van der Waals surface area contributed by atoms with Gasteiger partial charge in [0.2, 0.25) is 0 Å². The minimum atomic E-state index is 0.697. The normalized spacial score (nSPS) is 11.4. The Bertz CT molecular complexity index is 447. The lowest BCUT2D eigenvalue weighted by Crippen LogP contribution is -2.22. The summed E-state index contributed by atoms with van der Waals surface area (Å²) < 4.78 is 0. The highest BCUT2D eigenvalue weighted by atomic mass is 15.1. The zero-order valence-electron chi connectivity index (χ0n) is 9.83. The molecule has 0 saturated heterocycles. The molecular weight excluding hydrogens is 200 g/mol. The van der Waals surface area contributed by atoms with E-state index in [-0.39, 0.29) is 0 Å². The molecule has 2 aromatic heterocycles. The minimum absolute atomic E-state index is 0.697. The Labute approximate surface area is 95.5 Å². The quantitative estimate of drug-likeness (QED) is 0.752. The minimum Gasteiger partial charge on any atom is -0.316 e. The molecule has 0 aliphatic heterocycles. The Morgan fingerprint density at radius 1 is 1.31 bits per heavy atom. The molecule has 0 unspecified atom stereocenters. The Morgan fingerprint density at radius 2 is 2.19 bits per heavy atom. The van der Waals surface area contributed by atoms with Crippen molar-refractivity contribution >= 4 is 10.9 Å². The van der Waals surface area contributed by atoms with E-state index in [9.17, 15) is 0 Å². The zero-order chi connectivity index (χ0) is 11.4. The van der Waals surface area contributed by atoms with E-state index in [1.165, 1.54) is 10.9 Å². The summed E-state index contributed by atoms with van der Waals surface area (Å²) in [4.78, 5) is 4.20. The zero-order valence-corrected chi connectivity index (χ0v) is 9.83. The van der Waals surface area contributed by atoms with Crippen LogP contribution in [-0.4, -0.2) is 28.3 Å². The smallest absolute Gasteiger partial charge is 0.0836 e. The van der Waals surface area contributed by atoms with E-state index in [4.69, 9.17) is 0 Å². The van der Waals surface area contributed by atoms with Crippen LogP contribution < -0.4 is 5.32 Å². The second-order valence-corrected chi connectivity index (χ2v) is 4.48. The molecule has 4 heteroatoms. The van der Waals surface area contributed by atoms with Crippen molar-refractivity contribution < 1.29 is 0 Å². The van der Waals surface area contributed by atoms with Gasteiger partial charge in [-0.1, -0.05) is 13.8 Å². The van der Waals surface area contributed by atoms with Gasteiger partial charge in [-0.2, -0.15) is 5.10 Å². The number of fused-ring (bicyclic) bond motifs is 1. The predicted molar refractivity (Wildman–Crippen MR) is 65.3 cm³/mol. The summed E-state index contributed by atoms with van der Waals surface area (Å²) in [5.41, 5.74) is 2.27. The first-order valence-corrected chi connectivity index (χ1v) is 5.74. The van der Waals surface area contributed by atoms with Gasteiger partial charge in [-0.3, -0.25) is 10.1 Å². The second-order valence-electron chi connectivity index (χ2n) is 4.48. The topological polar surface area (TPSA) is 53.6 Å². The first kappa shape index (κ1) is 11.1. The van der Waals surface area contributed by atoms with Gasteiger partial charge in [-0.05, 0) is 31.0 Å². The van der Waals surface area contributed by atoms with Gasteiger partial charge in [0.25, 0.3) is 0 Å². The van der Waals surface area contributed by atoms with Crippen LogP contribution >= 0.6 is 0 Å². The van der Waals surface area contributed by atoms with Gasteiger partial charge < -0.3 is 5.32 Å². The van der Waals surface area contributed by atoms with Gasteiger partial charge in [0.15, 0.2) is 0 Å². The number of rotatable bonds is 5. The molecule has 0 aliphatic carbocycles. The lowest BCUT2D eigenvalue weighted by molar-refractivity contribution is 0.554. The molecule has 2 N–H and O–H groups in total. The molecule has 0 fully saturated rings. The molecule has 0 bridgehead atoms. The Morgan fingerprint density at radius 3 is 3.00 bits per heavy atom. The van der Waals surface area contributed by atoms with Crippen molar-refractivity contribution in [3.63, 3.8) is 0 Å². The number of aromatic amines is 1. The average molecular weight is 218 g/mol. The molecule has 4 nitrogen and oxygen atoms in total. The fourth-order valence-electron chi connectivity index (χ4n) is 1.73. The molecule has 0 aliphatic rings. The Kier molecular flexibility index (Phi) is 3.51. The van der Waals surface area contributed by atoms with Gasteiger partial charge in [-0.25, -0.2) is 0 Å². The van der Waals surface area contributed by atoms with Crippen molar-refractivity contribution in [1.82, 2.24) is 20.5 Å². The third-order valence-corrected chi connectivity index (χ3v) is 2.57. The molecule has 0 amide bonds. The van der Waals surface area contributed by atoms with Crippen LogP contribution in [0.15, 0.2) is 18.6 Å². The van der Waals surface area contributed by atoms with E-state index < -0.39 is 0 Å². The summed E-state index contributed by atoms with van der Waals surface area (Å²) in [5.74, 6) is 0.697. The summed E-state index contributed by atoms with van der Waals surface area (Å²) in [6.07, 6.45) is 6.60. The molecule has 2 rings (SSSR count). The first-order valence-electron chi connectivity index (χ1n) is 5.74. The standard InChI is InChI=1S/C12H18N4/c1-9(2)5-13-4-3-10-6-14-8-12-11(10)7-15-16-12/h6-9,13H,3-5H2,1-2H3,(H,15,16). The van der Waals surface area contributed by atoms with E-state index in [1.807, 2.05) is 18.6 Å². The molecule has 0 aromatic carbocycles. The summed E-state index contributed by atoms with van der Waals surface area (Å²) in [5, 5.41) is 11.6. The maximum Gasteiger partial charge on any atom is 0.0836 e. The fourth-order valence-corrected chi connectivity index (χ4v) is 1.73. The molecule has 2 aromatic rings. The number of hydrogen-bond acceptors (Lipinski definition) is 3. The molecule has 0 radical (unpaired) electrons. The monoisotopic (exact) mass is 218 g/mol. The van der Waals surface area contributed by atoms with Crippen LogP contribution in [-0.2, 0) is 6.42 Å². The van der Waals surface area contributed by atoms with Gasteiger partial charge in [-0.15, -0.1) is 0 Å². The van der Waals surface area contributed by atoms with E-state index in [1.54, 1.807) is 0 Å². The van der Waals surface area contributed by atoms with Gasteiger partial charge >= 0.3 is 0 Å². The highest BCUT2D eigenvalue weighted by molar-refractivity contribution is 5.80. The summed E-state index contributed by atoms with van der Waals surface area (Å²) >= 11 is 0. The average Bonchev–Trinajstić information content (AvgIpc) is 2.72. The van der Waals surface area contributed by atoms with Gasteiger partial charge in [0, 0.05) is 11.6 Å². The van der Waals surface area contributed by atoms with Crippen LogP contribution in [0.5, 0.6) is 0 Å². The first-order chi connectivity index (χ1) is 7.77. The maximum absolute atomic E-state index is 4.20. The summed E-state index contributed by atoms with van der Waals surface area (Å²) in [6.45, 7) is 6.48. The Hall–Kier alpha value is -1.42. The van der Waals surface area contributed by atoms with E-state index >= 15 is 0 Å². The number of hydrogen-bond donors (Lipinski definition) is 2. The van der Waals surface area contributed by atoms with Gasteiger partial charge in [0.05, 0.1) is 17.9 Å². The number of aromatic nitrogens is 3. The molecule has 0 saturated carbocycles. The van der Waals surface area contributed by atoms with Crippen molar-refractivity contribution in [2.24, 2.45) is 5.92 Å². The molecule has 16 heavy (non-hydrogen) atoms. The summed E-state index contributed by atoms with van der Waals surface area (Å²) in [7, 11) is 0. The van der Waals surface area contributed by atoms with Crippen LogP contribution in [0.25, 0.3) is 10.9 Å². The lowest BCUT2D eigenvalue weighted by atomic mass is 10.1. The lowest BCUT2D eigenvalue weighted by Gasteiger charge is -2.07. The van der Waals surface area contributed by atoms with Crippen molar-refractivity contribution in [1.29, 1.82) is 0 Å². The van der Waals surface area contributed by atoms with E-state index in [0.29, 0.717) is 5.92 Å². The van der Waals surface area contributed by atoms with Crippen molar-refractivity contribution in [2.75, 3.05) is 13.1 Å². The van der Waals surface area contributed by atoms with Crippen LogP contribution in [0.1, 0.15) is 19.4 Å². The van der Waals surface area contributed by atoms with Crippen molar-refractivity contribution in [2.45, 2.75) is 20.3 Å². The fraction of sp³-hybridized carbons (Fsp3) is 0.500. The van der Waals surface area contributed by atoms with Crippen LogP contribution in [0.4, 0.5) is 0 Å². The van der Waals surface area contributed by atoms with Crippen molar-refractivity contribution in [3.05, 3.63) is 24.2 Å². The number of nitrogens with zero attached hydrogens (tertiary/aromatic N) is 2. The number of H-pyrrole nitrogens is 1. The van der Waals surface area contributed by atoms with E-state index in [0.717, 1.165) is 25.0 Å². The largest absolute Gasteiger partial charge is 0.316 e. The highest BCUT2D eigenvalue weighted by Gasteiger charge is 2.02. The molecule has 0 atom stereocenters. The molecule has 2 heterocycles. The van der Waals surface area contributed by atoms with Crippen LogP contribution in [0.2, 0.25) is 0 Å². The predicted octanol–water partition coefficient (Wildman–Crippen LogP) is 1.75. The molecular formula is C12H18N4. The van der Waals surface area contributed by atoms with Gasteiger partial charge in [0.1, 0.15) is 0 Å². The van der Waals surface area contributed by atoms with E-state index in [2.05, 4.69) is 34.3 Å². The molecule has 86 valence electrons. The summed E-state index contributed by atoms with van der Waals surface area (Å²) in [6, 6.07) is 0.